The molecule has 0 radical (unpaired) electrons. The number of likely N-dealkylation sites (N-methyl/N-ethyl adjacent to an activating group) is 1. The third kappa shape index (κ3) is 5.75. The zero-order valence-electron chi connectivity index (χ0n) is 27.4. The number of nitrogens with one attached hydrogen (secondary N) is 1. The molecule has 7 rings (SSSR count). The molecule has 0 unspecified atom stereocenters. The molecule has 3 aromatic carbocycles. The molecular formula is C37H37N7O3S. The molecule has 1 aliphatic heterocycles. The Morgan fingerprint density at radius 1 is 0.812 bits per heavy atom. The van der Waals surface area contributed by atoms with Crippen LogP contribution in [0.1, 0.15) is 15.9 Å². The molecule has 1 saturated heterocycles. The lowest BCUT2D eigenvalue weighted by Crippen LogP contribution is -2.44. The number of carbonyl (C=O) groups is 1. The molecule has 0 atom stereocenters. The molecule has 10 nitrogen and oxygen atoms in total. The number of aromatic nitrogens is 4. The minimum atomic E-state index is -3.96. The number of aromatic amines is 1. The number of hydrogen-bond donors (Lipinski definition) is 1. The molecular weight excluding hydrogens is 623 g/mol. The minimum absolute atomic E-state index is 0.108. The molecule has 1 amide bonds. The Kier molecular flexibility index (Phi) is 8.10. The van der Waals surface area contributed by atoms with Crippen LogP contribution in [0.4, 0.5) is 5.69 Å². The number of fused-ring (bicyclic) bond motifs is 1. The molecule has 11 heteroatoms. The summed E-state index contributed by atoms with van der Waals surface area (Å²) < 4.78 is 29.3. The van der Waals surface area contributed by atoms with Gasteiger partial charge in [0, 0.05) is 97.8 Å². The van der Waals surface area contributed by atoms with Crippen molar-refractivity contribution in [2.75, 3.05) is 52.2 Å². The van der Waals surface area contributed by atoms with Crippen LogP contribution in [0.2, 0.25) is 0 Å². The predicted octanol–water partition coefficient (Wildman–Crippen LogP) is 5.76. The zero-order valence-corrected chi connectivity index (χ0v) is 28.2. The van der Waals surface area contributed by atoms with E-state index in [-0.39, 0.29) is 10.8 Å². The Balaban J connectivity index is 1.37. The van der Waals surface area contributed by atoms with Crippen LogP contribution >= 0.6 is 0 Å². The van der Waals surface area contributed by atoms with Gasteiger partial charge in [-0.3, -0.25) is 9.89 Å². The second kappa shape index (κ2) is 12.4. The van der Waals surface area contributed by atoms with Crippen LogP contribution in [-0.4, -0.2) is 90.6 Å². The molecule has 0 bridgehead atoms. The standard InChI is InChI=1S/C37H37N7O3S/c1-25-5-12-31(13-6-25)48(46,47)44-24-34(26-7-9-27(10-8-26)37(45)41(2)3)33-20-29(21-38-36(33)44)28-11-14-35(43-17-15-42(4)16-18-43)32(19-28)30-22-39-40-23-30/h5-14,19-24H,15-18H2,1-4H3,(H,39,40). The lowest BCUT2D eigenvalue weighted by Gasteiger charge is -2.35. The number of nitrogens with zero attached hydrogens (tertiary/aromatic N) is 6. The first-order valence-electron chi connectivity index (χ1n) is 15.8. The van der Waals surface area contributed by atoms with Crippen LogP contribution in [0.5, 0.6) is 0 Å². The Morgan fingerprint density at radius 3 is 2.19 bits per heavy atom. The topological polar surface area (TPSA) is 107 Å². The quantitative estimate of drug-likeness (QED) is 0.232. The summed E-state index contributed by atoms with van der Waals surface area (Å²) in [7, 11) is 1.60. The van der Waals surface area contributed by atoms with Crippen molar-refractivity contribution in [2.24, 2.45) is 0 Å². The second-order valence-electron chi connectivity index (χ2n) is 12.5. The maximum absolute atomic E-state index is 14.0. The number of hydrogen-bond acceptors (Lipinski definition) is 7. The molecule has 3 aromatic heterocycles. The van der Waals surface area contributed by atoms with Crippen LogP contribution in [0.15, 0.2) is 102 Å². The molecule has 1 aliphatic rings. The maximum Gasteiger partial charge on any atom is 0.269 e. The van der Waals surface area contributed by atoms with Gasteiger partial charge in [0.1, 0.15) is 0 Å². The average molecular weight is 660 g/mol. The fraction of sp³-hybridized carbons (Fsp3) is 0.216. The van der Waals surface area contributed by atoms with Crippen molar-refractivity contribution in [1.82, 2.24) is 29.0 Å². The Labute approximate surface area is 280 Å². The van der Waals surface area contributed by atoms with Crippen LogP contribution < -0.4 is 4.90 Å². The first-order chi connectivity index (χ1) is 23.1. The van der Waals surface area contributed by atoms with Gasteiger partial charge in [-0.15, -0.1) is 0 Å². The largest absolute Gasteiger partial charge is 0.368 e. The van der Waals surface area contributed by atoms with E-state index in [1.807, 2.05) is 37.5 Å². The lowest BCUT2D eigenvalue weighted by molar-refractivity contribution is 0.0827. The van der Waals surface area contributed by atoms with E-state index in [0.717, 1.165) is 65.2 Å². The molecule has 0 saturated carbocycles. The first-order valence-corrected chi connectivity index (χ1v) is 17.3. The number of piperazine rings is 1. The van der Waals surface area contributed by atoms with Crippen LogP contribution in [0.3, 0.4) is 0 Å². The van der Waals surface area contributed by atoms with E-state index in [9.17, 15) is 13.2 Å². The van der Waals surface area contributed by atoms with Crippen LogP contribution in [0.25, 0.3) is 44.4 Å². The molecule has 48 heavy (non-hydrogen) atoms. The van der Waals surface area contributed by atoms with Crippen molar-refractivity contribution < 1.29 is 13.2 Å². The summed E-state index contributed by atoms with van der Waals surface area (Å²) in [5.74, 6) is -0.108. The first kappa shape index (κ1) is 31.3. The molecule has 4 heterocycles. The van der Waals surface area contributed by atoms with Gasteiger partial charge in [-0.25, -0.2) is 17.4 Å². The number of pyridine rings is 1. The van der Waals surface area contributed by atoms with Gasteiger partial charge < -0.3 is 14.7 Å². The highest BCUT2D eigenvalue weighted by Crippen LogP contribution is 2.38. The van der Waals surface area contributed by atoms with Crippen LogP contribution in [-0.2, 0) is 10.0 Å². The Bertz CT molecular complexity index is 2220. The number of anilines is 1. The highest BCUT2D eigenvalue weighted by molar-refractivity contribution is 7.90. The van der Waals surface area contributed by atoms with Crippen LogP contribution in [0, 0.1) is 6.92 Å². The summed E-state index contributed by atoms with van der Waals surface area (Å²) >= 11 is 0. The lowest BCUT2D eigenvalue weighted by atomic mass is 9.97. The summed E-state index contributed by atoms with van der Waals surface area (Å²) in [6.45, 7) is 5.76. The van der Waals surface area contributed by atoms with E-state index in [4.69, 9.17) is 4.98 Å². The van der Waals surface area contributed by atoms with E-state index >= 15 is 0 Å². The van der Waals surface area contributed by atoms with E-state index in [1.165, 1.54) is 8.87 Å². The summed E-state index contributed by atoms with van der Waals surface area (Å²) in [5, 5.41) is 7.86. The van der Waals surface area contributed by atoms with Crippen molar-refractivity contribution in [2.45, 2.75) is 11.8 Å². The number of benzene rings is 3. The van der Waals surface area contributed by atoms with E-state index in [0.29, 0.717) is 22.2 Å². The van der Waals surface area contributed by atoms with E-state index in [2.05, 4.69) is 45.2 Å². The third-order valence-electron chi connectivity index (χ3n) is 9.02. The Hall–Kier alpha value is -5.26. The number of amides is 1. The van der Waals surface area contributed by atoms with Gasteiger partial charge in [0.2, 0.25) is 0 Å². The van der Waals surface area contributed by atoms with Gasteiger partial charge in [0.25, 0.3) is 15.9 Å². The average Bonchev–Trinajstić information content (AvgIpc) is 3.77. The highest BCUT2D eigenvalue weighted by atomic mass is 32.2. The Morgan fingerprint density at radius 2 is 1.52 bits per heavy atom. The monoisotopic (exact) mass is 659 g/mol. The zero-order chi connectivity index (χ0) is 33.6. The van der Waals surface area contributed by atoms with Gasteiger partial charge in [-0.1, -0.05) is 35.9 Å². The highest BCUT2D eigenvalue weighted by Gasteiger charge is 2.24. The van der Waals surface area contributed by atoms with Gasteiger partial charge in [-0.2, -0.15) is 5.10 Å². The fourth-order valence-electron chi connectivity index (χ4n) is 6.19. The summed E-state index contributed by atoms with van der Waals surface area (Å²) in [6, 6.07) is 22.4. The number of aryl methyl sites for hydroxylation is 1. The SMILES string of the molecule is Cc1ccc(S(=O)(=O)n2cc(-c3ccc(C(=O)N(C)C)cc3)c3cc(-c4ccc(N5CCN(C)CC5)c(-c5cn[nH]c5)c4)cnc32)cc1. The van der Waals surface area contributed by atoms with Gasteiger partial charge in [0.15, 0.2) is 5.65 Å². The molecule has 0 aliphatic carbocycles. The van der Waals surface area contributed by atoms with E-state index in [1.54, 1.807) is 62.9 Å². The maximum atomic E-state index is 14.0. The van der Waals surface area contributed by atoms with Crippen molar-refractivity contribution in [3.05, 3.63) is 109 Å². The van der Waals surface area contributed by atoms with Crippen molar-refractivity contribution >= 4 is 32.7 Å². The summed E-state index contributed by atoms with van der Waals surface area (Å²) in [6.07, 6.45) is 7.10. The number of carbonyl (C=O) groups excluding carboxylic acids is 1. The predicted molar refractivity (Wildman–Crippen MR) is 190 cm³/mol. The fourth-order valence-corrected chi connectivity index (χ4v) is 7.52. The second-order valence-corrected chi connectivity index (χ2v) is 14.4. The van der Waals surface area contributed by atoms with Gasteiger partial charge in [-0.05, 0) is 67.6 Å². The van der Waals surface area contributed by atoms with E-state index < -0.39 is 10.0 Å². The van der Waals surface area contributed by atoms with Gasteiger partial charge in [0.05, 0.1) is 11.1 Å². The molecule has 6 aromatic rings. The minimum Gasteiger partial charge on any atom is -0.368 e. The molecule has 1 N–H and O–H groups in total. The summed E-state index contributed by atoms with van der Waals surface area (Å²) in [4.78, 5) is 23.8. The summed E-state index contributed by atoms with van der Waals surface area (Å²) in [5.41, 5.74) is 8.31. The van der Waals surface area contributed by atoms with Crippen molar-refractivity contribution in [3.63, 3.8) is 0 Å². The van der Waals surface area contributed by atoms with Gasteiger partial charge >= 0.3 is 0 Å². The third-order valence-corrected chi connectivity index (χ3v) is 10.7. The van der Waals surface area contributed by atoms with Crippen molar-refractivity contribution in [3.8, 4) is 33.4 Å². The molecule has 0 spiro atoms. The number of H-pyrrole nitrogens is 1. The molecule has 1 fully saturated rings. The smallest absolute Gasteiger partial charge is 0.269 e. The normalized spacial score (nSPS) is 14.0. The van der Waals surface area contributed by atoms with Crippen molar-refractivity contribution in [1.29, 1.82) is 0 Å². The molecule has 244 valence electrons. The number of rotatable bonds is 7.